The number of anilines is 2. The average Bonchev–Trinajstić information content (AvgIpc) is 3.26. The minimum atomic E-state index is -2.97. The summed E-state index contributed by atoms with van der Waals surface area (Å²) in [5.41, 5.74) is 2.66. The van der Waals surface area contributed by atoms with Crippen LogP contribution in [0.2, 0.25) is 0 Å². The van der Waals surface area contributed by atoms with Crippen molar-refractivity contribution < 1.29 is 17.5 Å². The van der Waals surface area contributed by atoms with Crippen LogP contribution in [0.3, 0.4) is 0 Å². The fraction of sp³-hybridized carbons (Fsp3) is 0.308. The van der Waals surface area contributed by atoms with Gasteiger partial charge in [0.25, 0.3) is 0 Å². The van der Waals surface area contributed by atoms with Crippen molar-refractivity contribution in [1.29, 1.82) is 0 Å². The van der Waals surface area contributed by atoms with Crippen molar-refractivity contribution in [2.45, 2.75) is 26.5 Å². The Kier molecular flexibility index (Phi) is 6.63. The highest BCUT2D eigenvalue weighted by atomic mass is 32.2. The van der Waals surface area contributed by atoms with Crippen LogP contribution >= 0.6 is 0 Å². The topological polar surface area (TPSA) is 89.4 Å². The molecule has 1 aliphatic rings. The van der Waals surface area contributed by atoms with E-state index in [4.69, 9.17) is 4.74 Å². The van der Waals surface area contributed by atoms with E-state index in [0.29, 0.717) is 42.5 Å². The summed E-state index contributed by atoms with van der Waals surface area (Å²) in [5, 5.41) is 4.04. The number of rotatable bonds is 7. The third-order valence-electron chi connectivity index (χ3n) is 6.06. The third kappa shape index (κ3) is 5.50. The van der Waals surface area contributed by atoms with Crippen LogP contribution in [0.5, 0.6) is 5.75 Å². The molecule has 1 N–H and O–H groups in total. The summed E-state index contributed by atoms with van der Waals surface area (Å²) in [5.74, 6) is 1.12. The largest absolute Gasteiger partial charge is 0.491 e. The van der Waals surface area contributed by atoms with E-state index in [1.807, 2.05) is 65.9 Å². The second-order valence-electron chi connectivity index (χ2n) is 9.18. The van der Waals surface area contributed by atoms with Gasteiger partial charge >= 0.3 is 0 Å². The first-order chi connectivity index (χ1) is 17.3. The van der Waals surface area contributed by atoms with Crippen molar-refractivity contribution in [3.05, 3.63) is 72.3 Å². The van der Waals surface area contributed by atoms with Gasteiger partial charge in [-0.25, -0.2) is 17.8 Å². The highest BCUT2D eigenvalue weighted by Crippen LogP contribution is 2.24. The van der Waals surface area contributed by atoms with E-state index in [1.165, 1.54) is 6.07 Å². The first-order valence-corrected chi connectivity index (χ1v) is 13.7. The lowest BCUT2D eigenvalue weighted by Crippen LogP contribution is -2.39. The van der Waals surface area contributed by atoms with Crippen LogP contribution in [0.15, 0.2) is 60.9 Å². The molecule has 1 saturated heterocycles. The van der Waals surface area contributed by atoms with E-state index < -0.39 is 9.84 Å². The van der Waals surface area contributed by atoms with Gasteiger partial charge in [0, 0.05) is 54.4 Å². The minimum Gasteiger partial charge on any atom is -0.491 e. The second kappa shape index (κ2) is 9.87. The van der Waals surface area contributed by atoms with Gasteiger partial charge in [0.15, 0.2) is 9.84 Å². The number of nitrogens with one attached hydrogen (secondary N) is 1. The summed E-state index contributed by atoms with van der Waals surface area (Å²) in [4.78, 5) is 11.0. The molecular weight excluding hydrogens is 481 g/mol. The molecule has 188 valence electrons. The van der Waals surface area contributed by atoms with Gasteiger partial charge in [0.2, 0.25) is 5.95 Å². The molecule has 0 radical (unpaired) electrons. The molecule has 0 aliphatic carbocycles. The molecule has 10 heteroatoms. The molecular formula is C26H28FN5O3S. The molecule has 5 rings (SSSR count). The van der Waals surface area contributed by atoms with Gasteiger partial charge in [-0.15, -0.1) is 0 Å². The summed E-state index contributed by atoms with van der Waals surface area (Å²) < 4.78 is 45.8. The van der Waals surface area contributed by atoms with Gasteiger partial charge in [-0.2, -0.15) is 4.98 Å². The van der Waals surface area contributed by atoms with Crippen molar-refractivity contribution in [3.8, 4) is 11.4 Å². The highest BCUT2D eigenvalue weighted by molar-refractivity contribution is 7.91. The number of hydrogen-bond donors (Lipinski definition) is 1. The Morgan fingerprint density at radius 2 is 1.83 bits per heavy atom. The molecule has 2 aromatic heterocycles. The molecule has 3 heterocycles. The zero-order chi connectivity index (χ0) is 25.3. The Hall–Kier alpha value is -3.50. The summed E-state index contributed by atoms with van der Waals surface area (Å²) in [6.45, 7) is 5.18. The van der Waals surface area contributed by atoms with Crippen molar-refractivity contribution >= 4 is 32.5 Å². The van der Waals surface area contributed by atoms with Gasteiger partial charge in [-0.1, -0.05) is 6.07 Å². The molecule has 36 heavy (non-hydrogen) atoms. The van der Waals surface area contributed by atoms with Crippen LogP contribution in [0.1, 0.15) is 19.4 Å². The number of ether oxygens (including phenoxy) is 1. The first kappa shape index (κ1) is 24.2. The number of fused-ring (bicyclic) bond motifs is 1. The number of aromatic nitrogens is 3. The van der Waals surface area contributed by atoms with Crippen LogP contribution in [0.25, 0.3) is 16.7 Å². The van der Waals surface area contributed by atoms with E-state index in [9.17, 15) is 8.42 Å². The second-order valence-corrected chi connectivity index (χ2v) is 11.5. The number of nitrogens with zero attached hydrogens (tertiary/aromatic N) is 4. The predicted octanol–water partition coefficient (Wildman–Crippen LogP) is 4.32. The van der Waals surface area contributed by atoms with E-state index in [1.54, 1.807) is 12.3 Å². The molecule has 0 atom stereocenters. The van der Waals surface area contributed by atoms with Crippen molar-refractivity contribution in [2.75, 3.05) is 29.9 Å². The number of halogens is 1. The van der Waals surface area contributed by atoms with Crippen LogP contribution in [0, 0.1) is 5.82 Å². The molecule has 0 amide bonds. The summed E-state index contributed by atoms with van der Waals surface area (Å²) >= 11 is 0. The number of benzene rings is 2. The van der Waals surface area contributed by atoms with E-state index in [-0.39, 0.29) is 23.4 Å². The number of sulfone groups is 1. The number of hydrogen-bond acceptors (Lipinski definition) is 7. The lowest BCUT2D eigenvalue weighted by Gasteiger charge is -2.26. The Balaban J connectivity index is 1.34. The summed E-state index contributed by atoms with van der Waals surface area (Å²) in [6.07, 6.45) is 3.67. The maximum Gasteiger partial charge on any atom is 0.229 e. The molecule has 0 unspecified atom stereocenters. The molecule has 0 saturated carbocycles. The van der Waals surface area contributed by atoms with Crippen LogP contribution in [-0.4, -0.2) is 58.6 Å². The third-order valence-corrected chi connectivity index (χ3v) is 7.66. The summed E-state index contributed by atoms with van der Waals surface area (Å²) in [6, 6.07) is 14.5. The zero-order valence-corrected chi connectivity index (χ0v) is 21.0. The highest BCUT2D eigenvalue weighted by Gasteiger charge is 2.22. The minimum absolute atomic E-state index is 0.102. The van der Waals surface area contributed by atoms with Gasteiger partial charge < -0.3 is 14.6 Å². The van der Waals surface area contributed by atoms with E-state index in [2.05, 4.69) is 15.3 Å². The first-order valence-electron chi connectivity index (χ1n) is 11.9. The molecule has 1 fully saturated rings. The lowest BCUT2D eigenvalue weighted by atomic mass is 10.1. The fourth-order valence-corrected chi connectivity index (χ4v) is 5.45. The molecule has 0 spiro atoms. The SMILES string of the molecule is CC(C)Oc1ccc(Nc2ncc3ccn(-c4ccc(CN5CCS(=O)(=O)CC5)c(F)c4)c3n2)cc1. The quantitative estimate of drug-likeness (QED) is 0.397. The smallest absolute Gasteiger partial charge is 0.229 e. The standard InChI is InChI=1S/C26H28FN5O3S/c1-18(2)35-23-7-4-21(5-8-23)29-26-28-16-19-9-10-32(25(19)30-26)22-6-3-20(24(27)15-22)17-31-11-13-36(33,34)14-12-31/h3-10,15-16,18H,11-14,17H2,1-2H3,(H,28,29,30). The molecule has 2 aromatic carbocycles. The van der Waals surface area contributed by atoms with Crippen LogP contribution in [-0.2, 0) is 16.4 Å². The van der Waals surface area contributed by atoms with Gasteiger partial charge in [-0.05, 0) is 56.3 Å². The van der Waals surface area contributed by atoms with E-state index in [0.717, 1.165) is 16.8 Å². The maximum absolute atomic E-state index is 15.0. The van der Waals surface area contributed by atoms with Gasteiger partial charge in [0.05, 0.1) is 17.6 Å². The lowest BCUT2D eigenvalue weighted by molar-refractivity contribution is 0.242. The maximum atomic E-state index is 15.0. The fourth-order valence-electron chi connectivity index (χ4n) is 4.17. The zero-order valence-electron chi connectivity index (χ0n) is 20.2. The Bertz CT molecular complexity index is 1470. The van der Waals surface area contributed by atoms with Crippen molar-refractivity contribution in [3.63, 3.8) is 0 Å². The monoisotopic (exact) mass is 509 g/mol. The Morgan fingerprint density at radius 3 is 2.53 bits per heavy atom. The van der Waals surface area contributed by atoms with Crippen molar-refractivity contribution in [1.82, 2.24) is 19.4 Å². The molecule has 4 aromatic rings. The van der Waals surface area contributed by atoms with Gasteiger partial charge in [0.1, 0.15) is 17.2 Å². The molecule has 1 aliphatic heterocycles. The molecule has 0 bridgehead atoms. The predicted molar refractivity (Wildman–Crippen MR) is 138 cm³/mol. The van der Waals surface area contributed by atoms with Crippen LogP contribution in [0.4, 0.5) is 16.0 Å². The molecule has 8 nitrogen and oxygen atoms in total. The Morgan fingerprint density at radius 1 is 1.08 bits per heavy atom. The normalized spacial score (nSPS) is 15.9. The Labute approximate surface area is 209 Å². The van der Waals surface area contributed by atoms with E-state index >= 15 is 4.39 Å². The van der Waals surface area contributed by atoms with Crippen LogP contribution < -0.4 is 10.1 Å². The summed E-state index contributed by atoms with van der Waals surface area (Å²) in [7, 11) is -2.97. The average molecular weight is 510 g/mol. The van der Waals surface area contributed by atoms with Crippen molar-refractivity contribution in [2.24, 2.45) is 0 Å². The van der Waals surface area contributed by atoms with Gasteiger partial charge in [-0.3, -0.25) is 4.90 Å².